The van der Waals surface area contributed by atoms with Crippen LogP contribution in [0.25, 0.3) is 0 Å². The van der Waals surface area contributed by atoms with E-state index in [1.54, 1.807) is 23.1 Å². The second kappa shape index (κ2) is 4.74. The topological polar surface area (TPSA) is 40.6 Å². The fourth-order valence-corrected chi connectivity index (χ4v) is 5.96. The molecule has 0 aromatic carbocycles. The molecule has 0 spiro atoms. The third kappa shape index (κ3) is 2.03. The van der Waals surface area contributed by atoms with Crippen LogP contribution in [0.2, 0.25) is 0 Å². The zero-order valence-corrected chi connectivity index (χ0v) is 13.6. The van der Waals surface area contributed by atoms with Crippen LogP contribution in [0.5, 0.6) is 0 Å². The van der Waals surface area contributed by atoms with Crippen molar-refractivity contribution >= 4 is 34.9 Å². The summed E-state index contributed by atoms with van der Waals surface area (Å²) in [4.78, 5) is 30.1. The molecule has 0 saturated carbocycles. The molecule has 4 nitrogen and oxygen atoms in total. The minimum Gasteiger partial charge on any atom is -0.336 e. The summed E-state index contributed by atoms with van der Waals surface area (Å²) in [5.41, 5.74) is 1.28. The Morgan fingerprint density at radius 2 is 2.29 bits per heavy atom. The van der Waals surface area contributed by atoms with Gasteiger partial charge in [-0.3, -0.25) is 9.59 Å². The molecule has 3 aliphatic heterocycles. The summed E-state index contributed by atoms with van der Waals surface area (Å²) in [5, 5.41) is 2.10. The van der Waals surface area contributed by atoms with Gasteiger partial charge in [-0.25, -0.2) is 0 Å². The van der Waals surface area contributed by atoms with Crippen LogP contribution in [0.1, 0.15) is 30.2 Å². The molecule has 0 bridgehead atoms. The van der Waals surface area contributed by atoms with Crippen LogP contribution in [0, 0.1) is 0 Å². The van der Waals surface area contributed by atoms with E-state index in [1.807, 2.05) is 9.80 Å². The molecule has 6 heteroatoms. The van der Waals surface area contributed by atoms with E-state index in [9.17, 15) is 9.59 Å². The lowest BCUT2D eigenvalue weighted by atomic mass is 10.1. The van der Waals surface area contributed by atoms with E-state index < -0.39 is 0 Å². The highest BCUT2D eigenvalue weighted by Crippen LogP contribution is 2.47. The second-order valence-corrected chi connectivity index (χ2v) is 8.65. The molecule has 21 heavy (non-hydrogen) atoms. The quantitative estimate of drug-likeness (QED) is 0.795. The van der Waals surface area contributed by atoms with Crippen molar-refractivity contribution in [1.82, 2.24) is 9.80 Å². The van der Waals surface area contributed by atoms with Crippen LogP contribution >= 0.6 is 23.1 Å². The molecule has 0 radical (unpaired) electrons. The van der Waals surface area contributed by atoms with E-state index in [0.29, 0.717) is 13.0 Å². The van der Waals surface area contributed by atoms with E-state index in [1.165, 1.54) is 10.4 Å². The number of fused-ring (bicyclic) bond motifs is 2. The van der Waals surface area contributed by atoms with Gasteiger partial charge in [-0.2, -0.15) is 0 Å². The van der Waals surface area contributed by atoms with Crippen LogP contribution in [-0.2, 0) is 22.6 Å². The maximum absolute atomic E-state index is 12.9. The van der Waals surface area contributed by atoms with Gasteiger partial charge in [0.25, 0.3) is 0 Å². The third-order valence-electron chi connectivity index (χ3n) is 4.85. The van der Waals surface area contributed by atoms with Crippen LogP contribution in [0.3, 0.4) is 0 Å². The van der Waals surface area contributed by atoms with Crippen molar-refractivity contribution in [1.29, 1.82) is 0 Å². The molecule has 4 rings (SSSR count). The number of carbonyl (C=O) groups is 2. The predicted octanol–water partition coefficient (Wildman–Crippen LogP) is 2.09. The summed E-state index contributed by atoms with van der Waals surface area (Å²) in [6, 6.07) is 1.86. The fourth-order valence-electron chi connectivity index (χ4n) is 3.65. The summed E-state index contributed by atoms with van der Waals surface area (Å²) in [6.45, 7) is 3.59. The largest absolute Gasteiger partial charge is 0.336 e. The number of carbonyl (C=O) groups excluding carboxylic acids is 2. The number of hydrogen-bond donors (Lipinski definition) is 0. The monoisotopic (exact) mass is 322 g/mol. The molecule has 4 heterocycles. The first-order valence-electron chi connectivity index (χ1n) is 7.39. The molecular formula is C15H18N2O2S2. The summed E-state index contributed by atoms with van der Waals surface area (Å²) in [6.07, 6.45) is 2.40. The molecule has 2 fully saturated rings. The Labute approximate surface area is 132 Å². The lowest BCUT2D eigenvalue weighted by Gasteiger charge is -2.34. The van der Waals surface area contributed by atoms with Crippen LogP contribution in [-0.4, -0.2) is 44.8 Å². The third-order valence-corrected chi connectivity index (χ3v) is 7.38. The van der Waals surface area contributed by atoms with Gasteiger partial charge in [0.1, 0.15) is 6.04 Å². The van der Waals surface area contributed by atoms with Crippen LogP contribution in [0.15, 0.2) is 11.4 Å². The van der Waals surface area contributed by atoms with Gasteiger partial charge >= 0.3 is 0 Å². The van der Waals surface area contributed by atoms with E-state index in [0.717, 1.165) is 25.1 Å². The van der Waals surface area contributed by atoms with Crippen molar-refractivity contribution in [2.75, 3.05) is 12.3 Å². The highest BCUT2D eigenvalue weighted by molar-refractivity contribution is 8.01. The molecule has 3 aliphatic rings. The zero-order chi connectivity index (χ0) is 14.6. The van der Waals surface area contributed by atoms with Crippen molar-refractivity contribution in [2.45, 2.75) is 43.6 Å². The minimum absolute atomic E-state index is 0.137. The van der Waals surface area contributed by atoms with E-state index in [2.05, 4.69) is 18.4 Å². The minimum atomic E-state index is -0.254. The lowest BCUT2D eigenvalue weighted by Crippen LogP contribution is -2.52. The molecule has 1 aromatic rings. The highest BCUT2D eigenvalue weighted by Gasteiger charge is 2.53. The van der Waals surface area contributed by atoms with Crippen molar-refractivity contribution in [3.8, 4) is 0 Å². The Bertz CT molecular complexity index is 615. The molecular weight excluding hydrogens is 304 g/mol. The maximum atomic E-state index is 12.9. The number of amides is 2. The lowest BCUT2D eigenvalue weighted by molar-refractivity contribution is -0.144. The average Bonchev–Trinajstić information content (AvgIpc) is 3.14. The Balaban J connectivity index is 1.55. The van der Waals surface area contributed by atoms with Gasteiger partial charge < -0.3 is 9.80 Å². The van der Waals surface area contributed by atoms with Crippen LogP contribution < -0.4 is 0 Å². The van der Waals surface area contributed by atoms with Gasteiger partial charge in [0.2, 0.25) is 11.8 Å². The average molecular weight is 322 g/mol. The Morgan fingerprint density at radius 1 is 1.43 bits per heavy atom. The number of hydrogen-bond acceptors (Lipinski definition) is 4. The maximum Gasteiger partial charge on any atom is 0.246 e. The summed E-state index contributed by atoms with van der Waals surface area (Å²) in [7, 11) is 0. The normalized spacial score (nSPS) is 31.5. The van der Waals surface area contributed by atoms with Gasteiger partial charge in [0.05, 0.1) is 4.87 Å². The Morgan fingerprint density at radius 3 is 3.14 bits per heavy atom. The first-order valence-corrected chi connectivity index (χ1v) is 9.25. The van der Waals surface area contributed by atoms with Crippen molar-refractivity contribution in [3.63, 3.8) is 0 Å². The fraction of sp³-hybridized carbons (Fsp3) is 0.600. The summed E-state index contributed by atoms with van der Waals surface area (Å²) >= 11 is 3.55. The summed E-state index contributed by atoms with van der Waals surface area (Å²) < 4.78 is 0. The van der Waals surface area contributed by atoms with Gasteiger partial charge in [-0.15, -0.1) is 23.1 Å². The van der Waals surface area contributed by atoms with E-state index >= 15 is 0 Å². The van der Waals surface area contributed by atoms with Gasteiger partial charge in [0, 0.05) is 30.1 Å². The number of rotatable bonds is 1. The molecule has 112 valence electrons. The molecule has 2 saturated heterocycles. The number of thioether (sulfide) groups is 1. The summed E-state index contributed by atoms with van der Waals surface area (Å²) in [5.74, 6) is 1.03. The highest BCUT2D eigenvalue weighted by atomic mass is 32.2. The Hall–Kier alpha value is -1.01. The van der Waals surface area contributed by atoms with Crippen molar-refractivity contribution in [2.24, 2.45) is 0 Å². The number of thiophene rings is 1. The van der Waals surface area contributed by atoms with E-state index in [-0.39, 0.29) is 22.7 Å². The zero-order valence-electron chi connectivity index (χ0n) is 12.0. The predicted molar refractivity (Wildman–Crippen MR) is 84.2 cm³/mol. The molecule has 0 unspecified atom stereocenters. The molecule has 1 aromatic heterocycles. The SMILES string of the molecule is C[C@@]12CCC(=O)N1[C@H](C(=O)N1CCc3sccc3C1)CS2. The standard InChI is InChI=1S/C15H18N2O2S2/c1-15-5-2-13(18)17(15)11(9-21-15)14(19)16-6-3-12-10(8-16)4-7-20-12/h4,7,11H,2-3,5-6,8-9H2,1H3/t11-,15+/m0/s1. The molecule has 0 N–H and O–H groups in total. The number of nitrogens with zero attached hydrogens (tertiary/aromatic N) is 2. The first-order chi connectivity index (χ1) is 10.1. The molecule has 2 atom stereocenters. The van der Waals surface area contributed by atoms with Gasteiger partial charge in [0.15, 0.2) is 0 Å². The van der Waals surface area contributed by atoms with Gasteiger partial charge in [-0.1, -0.05) is 0 Å². The second-order valence-electron chi connectivity index (χ2n) is 6.14. The van der Waals surface area contributed by atoms with Gasteiger partial charge in [-0.05, 0) is 36.8 Å². The van der Waals surface area contributed by atoms with E-state index in [4.69, 9.17) is 0 Å². The van der Waals surface area contributed by atoms with Crippen molar-refractivity contribution in [3.05, 3.63) is 21.9 Å². The molecule has 2 amide bonds. The first kappa shape index (κ1) is 13.6. The van der Waals surface area contributed by atoms with Crippen molar-refractivity contribution < 1.29 is 9.59 Å². The smallest absolute Gasteiger partial charge is 0.246 e. The molecule has 0 aliphatic carbocycles. The van der Waals surface area contributed by atoms with Crippen LogP contribution in [0.4, 0.5) is 0 Å². The Kier molecular flexibility index (Phi) is 3.08.